The van der Waals surface area contributed by atoms with Crippen molar-refractivity contribution in [2.24, 2.45) is 10.8 Å². The van der Waals surface area contributed by atoms with Crippen molar-refractivity contribution in [1.82, 2.24) is 5.32 Å². The molecule has 0 saturated carbocycles. The standard InChI is InChI=1S/C26H29NO3/c1-18-11-13-19(14-12-18)23(28)27-22-17-26(5,25(2,3)4)16-15-21(22)24(29)30-20-9-7-6-8-10-20/h6-16H,17H2,1-5H3,(H,27,28). The molecule has 3 rings (SSSR count). The molecule has 30 heavy (non-hydrogen) atoms. The largest absolute Gasteiger partial charge is 0.423 e. The van der Waals surface area contributed by atoms with Gasteiger partial charge in [-0.1, -0.05) is 69.7 Å². The van der Waals surface area contributed by atoms with E-state index in [2.05, 4.69) is 39.1 Å². The summed E-state index contributed by atoms with van der Waals surface area (Å²) in [6.07, 6.45) is 4.37. The molecule has 0 fully saturated rings. The Labute approximate surface area is 178 Å². The van der Waals surface area contributed by atoms with Crippen LogP contribution < -0.4 is 10.1 Å². The molecule has 2 aromatic rings. The summed E-state index contributed by atoms with van der Waals surface area (Å²) in [6, 6.07) is 16.3. The molecule has 0 spiro atoms. The lowest BCUT2D eigenvalue weighted by Gasteiger charge is -2.42. The van der Waals surface area contributed by atoms with Gasteiger partial charge in [-0.3, -0.25) is 4.79 Å². The number of ether oxygens (including phenoxy) is 1. The van der Waals surface area contributed by atoms with Gasteiger partial charge in [0.2, 0.25) is 0 Å². The predicted molar refractivity (Wildman–Crippen MR) is 119 cm³/mol. The molecule has 1 aliphatic carbocycles. The van der Waals surface area contributed by atoms with E-state index in [1.54, 1.807) is 30.3 Å². The highest BCUT2D eigenvalue weighted by atomic mass is 16.5. The highest BCUT2D eigenvalue weighted by molar-refractivity contribution is 5.99. The van der Waals surface area contributed by atoms with E-state index in [0.29, 0.717) is 29.0 Å². The lowest BCUT2D eigenvalue weighted by molar-refractivity contribution is -0.129. The second-order valence-electron chi connectivity index (χ2n) is 9.09. The van der Waals surface area contributed by atoms with E-state index in [-0.39, 0.29) is 16.7 Å². The Balaban J connectivity index is 1.93. The van der Waals surface area contributed by atoms with E-state index >= 15 is 0 Å². The maximum Gasteiger partial charge on any atom is 0.345 e. The summed E-state index contributed by atoms with van der Waals surface area (Å²) in [5, 5.41) is 2.99. The minimum Gasteiger partial charge on any atom is -0.423 e. The number of esters is 1. The quantitative estimate of drug-likeness (QED) is 0.534. The average Bonchev–Trinajstić information content (AvgIpc) is 2.68. The van der Waals surface area contributed by atoms with E-state index in [0.717, 1.165) is 5.56 Å². The van der Waals surface area contributed by atoms with Crippen LogP contribution in [0.15, 0.2) is 78.0 Å². The molecule has 0 radical (unpaired) electrons. The van der Waals surface area contributed by atoms with Crippen LogP contribution in [-0.2, 0) is 4.79 Å². The number of benzene rings is 2. The molecule has 0 aromatic heterocycles. The van der Waals surface area contributed by atoms with Crippen LogP contribution in [0.1, 0.15) is 50.0 Å². The maximum atomic E-state index is 12.9. The third-order valence-electron chi connectivity index (χ3n) is 5.95. The lowest BCUT2D eigenvalue weighted by Crippen LogP contribution is -2.38. The Morgan fingerprint density at radius 3 is 2.23 bits per heavy atom. The van der Waals surface area contributed by atoms with E-state index in [1.807, 2.05) is 37.3 Å². The van der Waals surface area contributed by atoms with Gasteiger partial charge < -0.3 is 10.1 Å². The van der Waals surface area contributed by atoms with Crippen molar-refractivity contribution in [1.29, 1.82) is 0 Å². The van der Waals surface area contributed by atoms with Crippen LogP contribution in [0.4, 0.5) is 0 Å². The SMILES string of the molecule is Cc1ccc(C(=O)NC2=C(C(=O)Oc3ccccc3)C=CC(C)(C(C)(C)C)C2)cc1. The Bertz CT molecular complexity index is 995. The fourth-order valence-electron chi connectivity index (χ4n) is 3.27. The van der Waals surface area contributed by atoms with Crippen LogP contribution in [0.2, 0.25) is 0 Å². The van der Waals surface area contributed by atoms with Gasteiger partial charge in [0.25, 0.3) is 5.91 Å². The fourth-order valence-corrected chi connectivity index (χ4v) is 3.27. The number of carbonyl (C=O) groups is 2. The molecule has 1 aliphatic rings. The summed E-state index contributed by atoms with van der Waals surface area (Å²) in [6.45, 7) is 10.6. The number of para-hydroxylation sites is 1. The molecule has 0 aliphatic heterocycles. The number of hydrogen-bond acceptors (Lipinski definition) is 3. The van der Waals surface area contributed by atoms with E-state index in [4.69, 9.17) is 4.74 Å². The lowest BCUT2D eigenvalue weighted by atomic mass is 9.63. The topological polar surface area (TPSA) is 55.4 Å². The molecule has 0 bridgehead atoms. The Hall–Kier alpha value is -3.14. The molecule has 2 aromatic carbocycles. The highest BCUT2D eigenvalue weighted by Crippen LogP contribution is 2.47. The van der Waals surface area contributed by atoms with E-state index in [1.165, 1.54) is 0 Å². The van der Waals surface area contributed by atoms with E-state index in [9.17, 15) is 9.59 Å². The zero-order chi connectivity index (χ0) is 21.9. The molecule has 156 valence electrons. The van der Waals surface area contributed by atoms with Crippen LogP contribution >= 0.6 is 0 Å². The molecular formula is C26H29NO3. The van der Waals surface area contributed by atoms with Crippen LogP contribution in [-0.4, -0.2) is 11.9 Å². The van der Waals surface area contributed by atoms with Crippen LogP contribution in [0.25, 0.3) is 0 Å². The van der Waals surface area contributed by atoms with Crippen LogP contribution in [0.3, 0.4) is 0 Å². The Kier molecular flexibility index (Phi) is 5.97. The van der Waals surface area contributed by atoms with Gasteiger partial charge >= 0.3 is 5.97 Å². The second kappa shape index (κ2) is 8.31. The van der Waals surface area contributed by atoms with Gasteiger partial charge in [-0.2, -0.15) is 0 Å². The van der Waals surface area contributed by atoms with Gasteiger partial charge in [-0.15, -0.1) is 0 Å². The second-order valence-corrected chi connectivity index (χ2v) is 9.09. The molecule has 4 heteroatoms. The number of rotatable bonds is 4. The average molecular weight is 404 g/mol. The van der Waals surface area contributed by atoms with Gasteiger partial charge in [0.15, 0.2) is 0 Å². The summed E-state index contributed by atoms with van der Waals surface area (Å²) in [4.78, 5) is 25.8. The number of allylic oxidation sites excluding steroid dienone is 2. The van der Waals surface area contributed by atoms with Crippen molar-refractivity contribution < 1.29 is 14.3 Å². The molecule has 1 amide bonds. The van der Waals surface area contributed by atoms with Gasteiger partial charge in [-0.05, 0) is 54.5 Å². The summed E-state index contributed by atoms with van der Waals surface area (Å²) in [5.74, 6) is -0.244. The first-order valence-electron chi connectivity index (χ1n) is 10.2. The van der Waals surface area contributed by atoms with E-state index < -0.39 is 5.97 Å². The molecule has 0 heterocycles. The fraction of sp³-hybridized carbons (Fsp3) is 0.308. The number of carbonyl (C=O) groups excluding carboxylic acids is 2. The number of nitrogens with one attached hydrogen (secondary N) is 1. The van der Waals surface area contributed by atoms with Gasteiger partial charge in [0, 0.05) is 11.3 Å². The summed E-state index contributed by atoms with van der Waals surface area (Å²) in [5.41, 5.74) is 2.31. The first-order chi connectivity index (χ1) is 14.1. The van der Waals surface area contributed by atoms with Crippen molar-refractivity contribution in [2.45, 2.75) is 41.0 Å². The highest BCUT2D eigenvalue weighted by Gasteiger charge is 2.39. The number of hydrogen-bond donors (Lipinski definition) is 1. The van der Waals surface area contributed by atoms with Crippen molar-refractivity contribution in [3.05, 3.63) is 89.1 Å². The molecule has 1 N–H and O–H groups in total. The molecule has 1 atom stereocenters. The molecule has 4 nitrogen and oxygen atoms in total. The van der Waals surface area contributed by atoms with Crippen LogP contribution in [0.5, 0.6) is 5.75 Å². The summed E-state index contributed by atoms with van der Waals surface area (Å²) < 4.78 is 5.54. The van der Waals surface area contributed by atoms with Crippen molar-refractivity contribution >= 4 is 11.9 Å². The zero-order valence-corrected chi connectivity index (χ0v) is 18.3. The zero-order valence-electron chi connectivity index (χ0n) is 18.3. The monoisotopic (exact) mass is 403 g/mol. The van der Waals surface area contributed by atoms with Crippen molar-refractivity contribution in [3.63, 3.8) is 0 Å². The maximum absolute atomic E-state index is 12.9. The first kappa shape index (κ1) is 21.6. The van der Waals surface area contributed by atoms with Crippen LogP contribution in [0, 0.1) is 17.8 Å². The third-order valence-corrected chi connectivity index (χ3v) is 5.95. The van der Waals surface area contributed by atoms with Crippen molar-refractivity contribution in [3.8, 4) is 5.75 Å². The third kappa shape index (κ3) is 4.70. The number of aryl methyl sites for hydroxylation is 1. The minimum absolute atomic E-state index is 0.0573. The predicted octanol–water partition coefficient (Wildman–Crippen LogP) is 5.60. The normalized spacial score (nSPS) is 18.8. The smallest absolute Gasteiger partial charge is 0.345 e. The van der Waals surface area contributed by atoms with Crippen molar-refractivity contribution in [2.75, 3.05) is 0 Å². The molecular weight excluding hydrogens is 374 g/mol. The number of amides is 1. The Morgan fingerprint density at radius 2 is 1.63 bits per heavy atom. The molecule has 1 unspecified atom stereocenters. The Morgan fingerprint density at radius 1 is 1.00 bits per heavy atom. The molecule has 0 saturated heterocycles. The first-order valence-corrected chi connectivity index (χ1v) is 10.2. The van der Waals surface area contributed by atoms with Gasteiger partial charge in [-0.25, -0.2) is 4.79 Å². The van der Waals surface area contributed by atoms with Gasteiger partial charge in [0.1, 0.15) is 5.75 Å². The summed E-state index contributed by atoms with van der Waals surface area (Å²) in [7, 11) is 0. The van der Waals surface area contributed by atoms with Gasteiger partial charge in [0.05, 0.1) is 5.57 Å². The summed E-state index contributed by atoms with van der Waals surface area (Å²) >= 11 is 0. The minimum atomic E-state index is -0.479.